The van der Waals surface area contributed by atoms with Crippen molar-refractivity contribution in [3.63, 3.8) is 0 Å². The van der Waals surface area contributed by atoms with Gasteiger partial charge in [-0.1, -0.05) is 0 Å². The predicted molar refractivity (Wildman–Crippen MR) is 87.6 cm³/mol. The Kier molecular flexibility index (Phi) is 4.40. The number of thiazole rings is 1. The van der Waals surface area contributed by atoms with E-state index in [4.69, 9.17) is 11.6 Å². The molecule has 1 aliphatic rings. The molecular weight excluding hydrogens is 322 g/mol. The third kappa shape index (κ3) is 3.28. The highest BCUT2D eigenvalue weighted by molar-refractivity contribution is 7.14. The second-order valence-electron chi connectivity index (χ2n) is 5.01. The molecule has 2 N–H and O–H groups in total. The van der Waals surface area contributed by atoms with E-state index in [9.17, 15) is 9.59 Å². The van der Waals surface area contributed by atoms with E-state index in [1.807, 2.05) is 11.4 Å². The van der Waals surface area contributed by atoms with Gasteiger partial charge in [-0.3, -0.25) is 14.9 Å². The SMILES string of the molecule is O=C1CCCc2cc(C(=O)Nc3nc(CCl)cs3)ccc2N1. The van der Waals surface area contributed by atoms with Gasteiger partial charge >= 0.3 is 0 Å². The highest BCUT2D eigenvalue weighted by Crippen LogP contribution is 2.24. The minimum Gasteiger partial charge on any atom is -0.326 e. The number of rotatable bonds is 3. The zero-order valence-electron chi connectivity index (χ0n) is 11.7. The van der Waals surface area contributed by atoms with Crippen molar-refractivity contribution in [2.24, 2.45) is 0 Å². The number of anilines is 2. The molecule has 7 heteroatoms. The first kappa shape index (κ1) is 15.0. The number of nitrogens with zero attached hydrogens (tertiary/aromatic N) is 1. The number of alkyl halides is 1. The largest absolute Gasteiger partial charge is 0.326 e. The molecule has 0 bridgehead atoms. The molecule has 0 unspecified atom stereocenters. The summed E-state index contributed by atoms with van der Waals surface area (Å²) in [6, 6.07) is 5.31. The molecule has 2 amide bonds. The Bertz CT molecular complexity index is 729. The lowest BCUT2D eigenvalue weighted by atomic mass is 10.0. The molecule has 0 atom stereocenters. The van der Waals surface area contributed by atoms with Crippen LogP contribution in [0.4, 0.5) is 10.8 Å². The number of halogens is 1. The first-order valence-electron chi connectivity index (χ1n) is 6.90. The molecular formula is C15H14ClN3O2S. The molecule has 0 saturated carbocycles. The molecule has 0 aliphatic carbocycles. The van der Waals surface area contributed by atoms with Crippen LogP contribution in [-0.2, 0) is 17.1 Å². The summed E-state index contributed by atoms with van der Waals surface area (Å²) in [7, 11) is 0. The second kappa shape index (κ2) is 6.46. The second-order valence-corrected chi connectivity index (χ2v) is 6.13. The summed E-state index contributed by atoms with van der Waals surface area (Å²) in [6.07, 6.45) is 2.08. The van der Waals surface area contributed by atoms with Crippen LogP contribution in [0.3, 0.4) is 0 Å². The van der Waals surface area contributed by atoms with Crippen LogP contribution in [0, 0.1) is 0 Å². The van der Waals surface area contributed by atoms with Crippen molar-refractivity contribution in [1.82, 2.24) is 4.98 Å². The molecule has 3 rings (SSSR count). The number of hydrogen-bond acceptors (Lipinski definition) is 4. The third-order valence-electron chi connectivity index (χ3n) is 3.40. The lowest BCUT2D eigenvalue weighted by Gasteiger charge is -2.09. The Hall–Kier alpha value is -1.92. The third-order valence-corrected chi connectivity index (χ3v) is 4.48. The minimum atomic E-state index is -0.214. The molecule has 1 aliphatic heterocycles. The summed E-state index contributed by atoms with van der Waals surface area (Å²) in [5.74, 6) is 0.131. The Morgan fingerprint density at radius 2 is 2.27 bits per heavy atom. The summed E-state index contributed by atoms with van der Waals surface area (Å²) in [4.78, 5) is 28.0. The van der Waals surface area contributed by atoms with Crippen LogP contribution in [0.5, 0.6) is 0 Å². The van der Waals surface area contributed by atoms with Gasteiger partial charge in [-0.15, -0.1) is 22.9 Å². The molecule has 0 radical (unpaired) electrons. The van der Waals surface area contributed by atoms with E-state index in [0.717, 1.165) is 29.8 Å². The van der Waals surface area contributed by atoms with E-state index < -0.39 is 0 Å². The zero-order chi connectivity index (χ0) is 15.5. The monoisotopic (exact) mass is 335 g/mol. The van der Waals surface area contributed by atoms with E-state index in [2.05, 4.69) is 15.6 Å². The number of aromatic nitrogens is 1. The number of aryl methyl sites for hydroxylation is 1. The lowest BCUT2D eigenvalue weighted by molar-refractivity contribution is -0.116. The molecule has 0 saturated heterocycles. The van der Waals surface area contributed by atoms with Gasteiger partial charge in [0, 0.05) is 23.1 Å². The van der Waals surface area contributed by atoms with Crippen molar-refractivity contribution < 1.29 is 9.59 Å². The number of carbonyl (C=O) groups excluding carboxylic acids is 2. The van der Waals surface area contributed by atoms with Gasteiger partial charge in [-0.05, 0) is 36.6 Å². The number of fused-ring (bicyclic) bond motifs is 1. The number of hydrogen-bond donors (Lipinski definition) is 2. The van der Waals surface area contributed by atoms with Gasteiger partial charge in [-0.25, -0.2) is 4.98 Å². The van der Waals surface area contributed by atoms with E-state index in [1.165, 1.54) is 11.3 Å². The lowest BCUT2D eigenvalue weighted by Crippen LogP contribution is -2.13. The normalized spacial score (nSPS) is 14.0. The van der Waals surface area contributed by atoms with Crippen molar-refractivity contribution in [2.45, 2.75) is 25.1 Å². The van der Waals surface area contributed by atoms with Gasteiger partial charge in [0.25, 0.3) is 5.91 Å². The topological polar surface area (TPSA) is 71.1 Å². The zero-order valence-corrected chi connectivity index (χ0v) is 13.3. The number of carbonyl (C=O) groups is 2. The standard InChI is InChI=1S/C15H14ClN3O2S/c16-7-11-8-22-15(17-11)19-14(21)10-4-5-12-9(6-10)2-1-3-13(20)18-12/h4-6,8H,1-3,7H2,(H,18,20)(H,17,19,21). The van der Waals surface area contributed by atoms with E-state index in [0.29, 0.717) is 23.0 Å². The van der Waals surface area contributed by atoms with Crippen LogP contribution >= 0.6 is 22.9 Å². The highest BCUT2D eigenvalue weighted by atomic mass is 35.5. The Morgan fingerprint density at radius 3 is 3.05 bits per heavy atom. The van der Waals surface area contributed by atoms with E-state index in [1.54, 1.807) is 12.1 Å². The first-order chi connectivity index (χ1) is 10.7. The van der Waals surface area contributed by atoms with E-state index >= 15 is 0 Å². The van der Waals surface area contributed by atoms with Gasteiger partial charge in [0.05, 0.1) is 11.6 Å². The molecule has 1 aromatic carbocycles. The van der Waals surface area contributed by atoms with Gasteiger partial charge in [0.15, 0.2) is 5.13 Å². The predicted octanol–water partition coefficient (Wildman–Crippen LogP) is 3.41. The molecule has 114 valence electrons. The fourth-order valence-electron chi connectivity index (χ4n) is 2.31. The fourth-order valence-corrected chi connectivity index (χ4v) is 3.24. The van der Waals surface area contributed by atoms with Crippen molar-refractivity contribution >= 4 is 45.6 Å². The van der Waals surface area contributed by atoms with Crippen LogP contribution in [0.2, 0.25) is 0 Å². The van der Waals surface area contributed by atoms with Crippen molar-refractivity contribution in [3.8, 4) is 0 Å². The van der Waals surface area contributed by atoms with E-state index in [-0.39, 0.29) is 11.8 Å². The van der Waals surface area contributed by atoms with Gasteiger partial charge < -0.3 is 5.32 Å². The summed E-state index contributed by atoms with van der Waals surface area (Å²) in [6.45, 7) is 0. The highest BCUT2D eigenvalue weighted by Gasteiger charge is 2.16. The van der Waals surface area contributed by atoms with Gasteiger partial charge in [-0.2, -0.15) is 0 Å². The van der Waals surface area contributed by atoms with Crippen LogP contribution in [0.25, 0.3) is 0 Å². The quantitative estimate of drug-likeness (QED) is 0.844. The van der Waals surface area contributed by atoms with Crippen LogP contribution in [0.15, 0.2) is 23.6 Å². The summed E-state index contributed by atoms with van der Waals surface area (Å²) in [5, 5.41) is 7.97. The summed E-state index contributed by atoms with van der Waals surface area (Å²) < 4.78 is 0. The maximum atomic E-state index is 12.3. The minimum absolute atomic E-state index is 0.0207. The molecule has 22 heavy (non-hydrogen) atoms. The van der Waals surface area contributed by atoms with Crippen molar-refractivity contribution in [1.29, 1.82) is 0 Å². The number of nitrogens with one attached hydrogen (secondary N) is 2. The van der Waals surface area contributed by atoms with Gasteiger partial charge in [0.2, 0.25) is 5.91 Å². The van der Waals surface area contributed by atoms with Crippen LogP contribution in [-0.4, -0.2) is 16.8 Å². The van der Waals surface area contributed by atoms with Crippen LogP contribution < -0.4 is 10.6 Å². The molecule has 0 fully saturated rings. The summed E-state index contributed by atoms with van der Waals surface area (Å²) >= 11 is 7.04. The molecule has 1 aromatic heterocycles. The Morgan fingerprint density at radius 1 is 1.41 bits per heavy atom. The maximum Gasteiger partial charge on any atom is 0.257 e. The van der Waals surface area contributed by atoms with Gasteiger partial charge in [0.1, 0.15) is 0 Å². The van der Waals surface area contributed by atoms with Crippen LogP contribution in [0.1, 0.15) is 34.5 Å². The van der Waals surface area contributed by atoms with Crippen molar-refractivity contribution in [2.75, 3.05) is 10.6 Å². The molecule has 2 aromatic rings. The number of amides is 2. The molecule has 5 nitrogen and oxygen atoms in total. The average molecular weight is 336 g/mol. The Balaban J connectivity index is 1.78. The smallest absolute Gasteiger partial charge is 0.257 e. The average Bonchev–Trinajstić information content (AvgIpc) is 2.87. The summed E-state index contributed by atoms with van der Waals surface area (Å²) in [5.41, 5.74) is 3.07. The fraction of sp³-hybridized carbons (Fsp3) is 0.267. The van der Waals surface area contributed by atoms with Crippen molar-refractivity contribution in [3.05, 3.63) is 40.4 Å². The number of benzene rings is 1. The molecule has 0 spiro atoms. The molecule has 2 heterocycles. The Labute approximate surface area is 136 Å². The first-order valence-corrected chi connectivity index (χ1v) is 8.31. The maximum absolute atomic E-state index is 12.3.